The predicted octanol–water partition coefficient (Wildman–Crippen LogP) is -4.57. The van der Waals surface area contributed by atoms with Crippen LogP contribution >= 0.6 is 0 Å². The standard InChI is InChI=1S/C12H16N2O9S.K/c1-12(2)22-8-6(5-20-24(17,18)19)21-10(9(8)23-12)14-4-3-7(15)13-11(14)16;/h3-4,6,8-10H,5H2,1-2H3,(H,13,15,16)(H,17,18,19);/q;+1/p-1/t6-,8-,9-,10-;/m1./s1. The van der Waals surface area contributed by atoms with Gasteiger partial charge in [-0.1, -0.05) is 0 Å². The molecule has 1 aromatic rings. The maximum atomic E-state index is 12.0. The molecule has 2 saturated heterocycles. The summed E-state index contributed by atoms with van der Waals surface area (Å²) in [4.78, 5) is 25.2. The molecule has 3 heterocycles. The van der Waals surface area contributed by atoms with Crippen molar-refractivity contribution in [3.8, 4) is 0 Å². The SMILES string of the molecule is CC1(C)O[C@@H]2[C@H](O1)[C@@H](COS(=O)(=O)[O-])O[C@H]2n1ccc(=O)[nH]c1=O.[K+]. The van der Waals surface area contributed by atoms with Gasteiger partial charge in [-0.3, -0.25) is 18.5 Å². The van der Waals surface area contributed by atoms with Crippen LogP contribution in [0, 0.1) is 0 Å². The maximum Gasteiger partial charge on any atom is 1.00 e. The molecule has 4 atom stereocenters. The van der Waals surface area contributed by atoms with Crippen LogP contribution in [0.3, 0.4) is 0 Å². The number of nitrogens with zero attached hydrogens (tertiary/aromatic N) is 1. The van der Waals surface area contributed by atoms with Crippen LogP contribution < -0.4 is 62.6 Å². The van der Waals surface area contributed by atoms with E-state index in [0.29, 0.717) is 0 Å². The molecule has 0 saturated carbocycles. The number of rotatable bonds is 4. The summed E-state index contributed by atoms with van der Waals surface area (Å²) in [5.74, 6) is -1.00. The topological polar surface area (TPSA) is 149 Å². The minimum Gasteiger partial charge on any atom is -0.726 e. The van der Waals surface area contributed by atoms with Gasteiger partial charge in [0.25, 0.3) is 5.56 Å². The van der Waals surface area contributed by atoms with E-state index in [1.807, 2.05) is 0 Å². The number of hydrogen-bond donors (Lipinski definition) is 1. The summed E-state index contributed by atoms with van der Waals surface area (Å²) < 4.78 is 54.2. The number of aromatic amines is 1. The Labute approximate surface area is 185 Å². The summed E-state index contributed by atoms with van der Waals surface area (Å²) in [6.07, 6.45) is -2.23. The summed E-state index contributed by atoms with van der Waals surface area (Å²) in [5.41, 5.74) is -1.30. The molecule has 2 aliphatic heterocycles. The number of aromatic nitrogens is 2. The van der Waals surface area contributed by atoms with Gasteiger partial charge in [0.05, 0.1) is 6.61 Å². The van der Waals surface area contributed by atoms with Crippen molar-refractivity contribution in [3.05, 3.63) is 33.1 Å². The first kappa shape index (κ1) is 21.4. The second-order valence-corrected chi connectivity index (χ2v) is 6.89. The zero-order chi connectivity index (χ0) is 17.7. The number of hydrogen-bond acceptors (Lipinski definition) is 9. The van der Waals surface area contributed by atoms with E-state index in [4.69, 9.17) is 14.2 Å². The normalized spacial score (nSPS) is 30.7. The van der Waals surface area contributed by atoms with Gasteiger partial charge >= 0.3 is 57.1 Å². The molecule has 0 radical (unpaired) electrons. The quantitative estimate of drug-likeness (QED) is 0.298. The second kappa shape index (κ2) is 7.59. The number of fused-ring (bicyclic) bond motifs is 1. The maximum absolute atomic E-state index is 12.0. The summed E-state index contributed by atoms with van der Waals surface area (Å²) >= 11 is 0. The summed E-state index contributed by atoms with van der Waals surface area (Å²) in [6, 6.07) is 1.13. The van der Waals surface area contributed by atoms with Gasteiger partial charge in [-0.05, 0) is 13.8 Å². The van der Waals surface area contributed by atoms with Crippen molar-refractivity contribution in [1.29, 1.82) is 0 Å². The van der Waals surface area contributed by atoms with Crippen LogP contribution in [0.1, 0.15) is 20.1 Å². The summed E-state index contributed by atoms with van der Waals surface area (Å²) in [5, 5.41) is 0. The van der Waals surface area contributed by atoms with Gasteiger partial charge in [-0.15, -0.1) is 0 Å². The molecule has 0 amide bonds. The Hall–Kier alpha value is 0.0664. The van der Waals surface area contributed by atoms with E-state index in [1.54, 1.807) is 13.8 Å². The molecule has 0 unspecified atom stereocenters. The molecule has 3 rings (SSSR count). The minimum atomic E-state index is -4.91. The fourth-order valence-electron chi connectivity index (χ4n) is 2.80. The van der Waals surface area contributed by atoms with Crippen molar-refractivity contribution in [2.24, 2.45) is 0 Å². The fourth-order valence-corrected chi connectivity index (χ4v) is 3.10. The van der Waals surface area contributed by atoms with E-state index in [-0.39, 0.29) is 51.4 Å². The number of ether oxygens (including phenoxy) is 3. The average Bonchev–Trinajstić information content (AvgIpc) is 2.90. The Morgan fingerprint density at radius 1 is 1.32 bits per heavy atom. The second-order valence-electron chi connectivity index (χ2n) is 5.84. The van der Waals surface area contributed by atoms with Gasteiger partial charge in [-0.25, -0.2) is 13.2 Å². The molecule has 0 bridgehead atoms. The van der Waals surface area contributed by atoms with E-state index in [0.717, 1.165) is 10.6 Å². The Balaban J connectivity index is 0.00000225. The zero-order valence-corrected chi connectivity index (χ0v) is 17.6. The number of nitrogens with one attached hydrogen (secondary N) is 1. The van der Waals surface area contributed by atoms with Gasteiger partial charge in [0.1, 0.15) is 18.3 Å². The molecule has 2 fully saturated rings. The van der Waals surface area contributed by atoms with Gasteiger partial charge < -0.3 is 18.8 Å². The van der Waals surface area contributed by atoms with Crippen molar-refractivity contribution < 1.29 is 82.7 Å². The Kier molecular flexibility index (Phi) is 6.49. The van der Waals surface area contributed by atoms with Crippen LogP contribution in [0.5, 0.6) is 0 Å². The van der Waals surface area contributed by atoms with Crippen molar-refractivity contribution in [3.63, 3.8) is 0 Å². The molecule has 25 heavy (non-hydrogen) atoms. The summed E-state index contributed by atoms with van der Waals surface area (Å²) in [6.45, 7) is 2.70. The van der Waals surface area contributed by atoms with Crippen LogP contribution in [-0.2, 0) is 28.8 Å². The van der Waals surface area contributed by atoms with E-state index in [1.165, 1.54) is 6.20 Å². The van der Waals surface area contributed by atoms with E-state index >= 15 is 0 Å². The third-order valence-corrected chi connectivity index (χ3v) is 4.05. The van der Waals surface area contributed by atoms with Crippen LogP contribution in [0.15, 0.2) is 21.9 Å². The van der Waals surface area contributed by atoms with E-state index in [9.17, 15) is 22.6 Å². The zero-order valence-electron chi connectivity index (χ0n) is 13.7. The first-order valence-electron chi connectivity index (χ1n) is 6.98. The number of H-pyrrole nitrogens is 1. The third-order valence-electron chi connectivity index (χ3n) is 3.63. The van der Waals surface area contributed by atoms with Gasteiger partial charge in [0.15, 0.2) is 12.0 Å². The molecule has 11 nitrogen and oxygen atoms in total. The molecule has 1 aromatic heterocycles. The average molecular weight is 402 g/mol. The van der Waals surface area contributed by atoms with Crippen molar-refractivity contribution in [2.45, 2.75) is 44.2 Å². The van der Waals surface area contributed by atoms with Crippen molar-refractivity contribution >= 4 is 10.4 Å². The molecule has 2 aliphatic rings. The molecule has 0 spiro atoms. The Bertz CT molecular complexity index is 849. The van der Waals surface area contributed by atoms with Crippen molar-refractivity contribution in [2.75, 3.05) is 6.61 Å². The smallest absolute Gasteiger partial charge is 0.726 e. The van der Waals surface area contributed by atoms with Gasteiger partial charge in [-0.2, -0.15) is 0 Å². The molecular formula is C12H15KN2O9S. The first-order chi connectivity index (χ1) is 11.1. The molecule has 134 valence electrons. The molecule has 1 N–H and O–H groups in total. The minimum absolute atomic E-state index is 0. The molecule has 13 heteroatoms. The van der Waals surface area contributed by atoms with Crippen LogP contribution in [0.4, 0.5) is 0 Å². The van der Waals surface area contributed by atoms with E-state index in [2.05, 4.69) is 9.17 Å². The Morgan fingerprint density at radius 3 is 2.56 bits per heavy atom. The third kappa shape index (κ3) is 4.87. The van der Waals surface area contributed by atoms with Crippen molar-refractivity contribution in [1.82, 2.24) is 9.55 Å². The van der Waals surface area contributed by atoms with E-state index < -0.39 is 58.6 Å². The van der Waals surface area contributed by atoms with Gasteiger partial charge in [0, 0.05) is 12.3 Å². The predicted molar refractivity (Wildman–Crippen MR) is 74.7 cm³/mol. The fraction of sp³-hybridized carbons (Fsp3) is 0.667. The molecule has 0 aliphatic carbocycles. The molecule has 0 aromatic carbocycles. The van der Waals surface area contributed by atoms with Gasteiger partial charge in [0.2, 0.25) is 10.4 Å². The largest absolute Gasteiger partial charge is 1.00 e. The first-order valence-corrected chi connectivity index (χ1v) is 8.32. The van der Waals surface area contributed by atoms with Crippen LogP contribution in [0.2, 0.25) is 0 Å². The molecular weight excluding hydrogens is 387 g/mol. The van der Waals surface area contributed by atoms with Crippen LogP contribution in [0.25, 0.3) is 0 Å². The summed E-state index contributed by atoms with van der Waals surface area (Å²) in [7, 11) is -4.91. The Morgan fingerprint density at radius 2 is 1.96 bits per heavy atom. The van der Waals surface area contributed by atoms with Crippen LogP contribution in [-0.4, -0.2) is 53.2 Å². The monoisotopic (exact) mass is 402 g/mol.